The largest absolute Gasteiger partial charge is 0.493 e. The van der Waals surface area contributed by atoms with Gasteiger partial charge in [-0.2, -0.15) is 0 Å². The van der Waals surface area contributed by atoms with Gasteiger partial charge < -0.3 is 20.7 Å². The second kappa shape index (κ2) is 17.1. The number of benzene rings is 5. The molecule has 0 aliphatic heterocycles. The third-order valence-electron chi connectivity index (χ3n) is 7.56. The first-order valence-corrected chi connectivity index (χ1v) is 18.0. The van der Waals surface area contributed by atoms with E-state index in [-0.39, 0.29) is 11.6 Å². The molecule has 1 atom stereocenters. The number of anilines is 2. The summed E-state index contributed by atoms with van der Waals surface area (Å²) in [6, 6.07) is 42.6. The molecule has 0 saturated carbocycles. The van der Waals surface area contributed by atoms with Crippen molar-refractivity contribution in [3.8, 4) is 17.0 Å². The number of thiazole rings is 1. The summed E-state index contributed by atoms with van der Waals surface area (Å²) in [6.45, 7) is 2.32. The van der Waals surface area contributed by atoms with Crippen LogP contribution >= 0.6 is 23.1 Å². The lowest BCUT2D eigenvalue weighted by Crippen LogP contribution is -2.30. The van der Waals surface area contributed by atoms with E-state index in [2.05, 4.69) is 20.9 Å². The van der Waals surface area contributed by atoms with E-state index in [1.165, 1.54) is 23.1 Å². The third kappa shape index (κ3) is 9.39. The van der Waals surface area contributed by atoms with E-state index >= 15 is 0 Å². The van der Waals surface area contributed by atoms with E-state index in [1.807, 2.05) is 115 Å². The Bertz CT molecular complexity index is 2120. The fourth-order valence-electron chi connectivity index (χ4n) is 5.08. The number of hydrogen-bond donors (Lipinski definition) is 3. The number of thioether (sulfide) groups is 1. The summed E-state index contributed by atoms with van der Waals surface area (Å²) in [5, 5.41) is 10.5. The second-order valence-electron chi connectivity index (χ2n) is 11.1. The lowest BCUT2D eigenvalue weighted by Gasteiger charge is -2.17. The van der Waals surface area contributed by atoms with Gasteiger partial charge in [0.25, 0.3) is 11.8 Å². The zero-order valence-corrected chi connectivity index (χ0v) is 29.2. The molecule has 0 aliphatic rings. The van der Waals surface area contributed by atoms with Crippen molar-refractivity contribution in [3.05, 3.63) is 167 Å². The van der Waals surface area contributed by atoms with Gasteiger partial charge in [-0.3, -0.25) is 14.4 Å². The maximum Gasteiger partial charge on any atom is 0.272 e. The van der Waals surface area contributed by atoms with Gasteiger partial charge in [-0.25, -0.2) is 4.98 Å². The molecule has 5 aromatic carbocycles. The Balaban J connectivity index is 1.18. The van der Waals surface area contributed by atoms with Crippen molar-refractivity contribution >= 4 is 57.7 Å². The van der Waals surface area contributed by atoms with Crippen molar-refractivity contribution in [1.29, 1.82) is 0 Å². The molecule has 3 amide bonds. The summed E-state index contributed by atoms with van der Waals surface area (Å²) in [5.41, 5.74) is 4.24. The van der Waals surface area contributed by atoms with Crippen molar-refractivity contribution in [2.24, 2.45) is 0 Å². The van der Waals surface area contributed by atoms with Gasteiger partial charge in [0.05, 0.1) is 12.3 Å². The van der Waals surface area contributed by atoms with Crippen LogP contribution in [-0.2, 0) is 9.59 Å². The van der Waals surface area contributed by atoms with Crippen LogP contribution in [0.15, 0.2) is 155 Å². The Kier molecular flexibility index (Phi) is 11.7. The molecule has 1 unspecified atom stereocenters. The first-order valence-electron chi connectivity index (χ1n) is 16.2. The quantitative estimate of drug-likeness (QED) is 0.0815. The summed E-state index contributed by atoms with van der Waals surface area (Å²) in [7, 11) is 0. The predicted octanol–water partition coefficient (Wildman–Crippen LogP) is 9.09. The van der Waals surface area contributed by atoms with Crippen molar-refractivity contribution in [2.75, 3.05) is 17.2 Å². The molecule has 1 aromatic heterocycles. The molecule has 0 spiro atoms. The van der Waals surface area contributed by atoms with Crippen LogP contribution in [0.5, 0.6) is 5.75 Å². The summed E-state index contributed by atoms with van der Waals surface area (Å²) >= 11 is 2.77. The van der Waals surface area contributed by atoms with Gasteiger partial charge in [0, 0.05) is 32.7 Å². The Morgan fingerprint density at radius 2 is 1.43 bits per heavy atom. The Morgan fingerprint density at radius 1 is 0.784 bits per heavy atom. The minimum atomic E-state index is -0.566. The summed E-state index contributed by atoms with van der Waals surface area (Å²) < 4.78 is 5.75. The lowest BCUT2D eigenvalue weighted by molar-refractivity contribution is -0.116. The van der Waals surface area contributed by atoms with E-state index in [1.54, 1.807) is 42.5 Å². The Labute approximate surface area is 304 Å². The minimum absolute atomic E-state index is 0.0490. The molecule has 51 heavy (non-hydrogen) atoms. The normalized spacial score (nSPS) is 11.7. The zero-order valence-electron chi connectivity index (χ0n) is 27.6. The highest BCUT2D eigenvalue weighted by Gasteiger charge is 2.24. The van der Waals surface area contributed by atoms with E-state index < -0.39 is 17.1 Å². The Morgan fingerprint density at radius 3 is 2.14 bits per heavy atom. The average Bonchev–Trinajstić information content (AvgIpc) is 3.64. The molecule has 8 nitrogen and oxygen atoms in total. The van der Waals surface area contributed by atoms with Gasteiger partial charge in [-0.15, -0.1) is 23.1 Å². The van der Waals surface area contributed by atoms with Crippen LogP contribution < -0.4 is 20.7 Å². The van der Waals surface area contributed by atoms with Crippen LogP contribution in [0.1, 0.15) is 33.7 Å². The fourth-order valence-corrected chi connectivity index (χ4v) is 6.83. The molecule has 0 aliphatic carbocycles. The number of nitrogens with zero attached hydrogens (tertiary/aromatic N) is 1. The van der Waals surface area contributed by atoms with Crippen molar-refractivity contribution in [3.63, 3.8) is 0 Å². The van der Waals surface area contributed by atoms with Crippen LogP contribution in [0.3, 0.4) is 0 Å². The molecule has 6 aromatic rings. The maximum absolute atomic E-state index is 13.7. The van der Waals surface area contributed by atoms with Crippen LogP contribution in [0, 0.1) is 0 Å². The smallest absolute Gasteiger partial charge is 0.272 e. The van der Waals surface area contributed by atoms with E-state index in [4.69, 9.17) is 4.74 Å². The number of amides is 3. The summed E-state index contributed by atoms with van der Waals surface area (Å²) in [6.07, 6.45) is 1.60. The van der Waals surface area contributed by atoms with Gasteiger partial charge in [-0.1, -0.05) is 97.1 Å². The van der Waals surface area contributed by atoms with Crippen LogP contribution in [0.25, 0.3) is 17.3 Å². The highest BCUT2D eigenvalue weighted by atomic mass is 32.2. The molecular formula is C41H34N4O4S2. The molecule has 0 saturated heterocycles. The Hall–Kier alpha value is -5.97. The van der Waals surface area contributed by atoms with Crippen molar-refractivity contribution in [2.45, 2.75) is 17.1 Å². The van der Waals surface area contributed by atoms with Gasteiger partial charge in [0.15, 0.2) is 5.13 Å². The monoisotopic (exact) mass is 710 g/mol. The molecule has 0 radical (unpaired) electrons. The van der Waals surface area contributed by atoms with E-state index in [0.717, 1.165) is 21.7 Å². The topological polar surface area (TPSA) is 109 Å². The average molecular weight is 711 g/mol. The summed E-state index contributed by atoms with van der Waals surface area (Å²) in [5.74, 6) is -0.541. The number of carbonyl (C=O) groups excluding carboxylic acids is 3. The van der Waals surface area contributed by atoms with E-state index in [9.17, 15) is 14.4 Å². The lowest BCUT2D eigenvalue weighted by atomic mass is 10.1. The van der Waals surface area contributed by atoms with Crippen LogP contribution in [0.4, 0.5) is 10.8 Å². The maximum atomic E-state index is 13.7. The van der Waals surface area contributed by atoms with Gasteiger partial charge >= 0.3 is 0 Å². The van der Waals surface area contributed by atoms with Crippen molar-refractivity contribution < 1.29 is 19.1 Å². The molecule has 0 fully saturated rings. The van der Waals surface area contributed by atoms with Gasteiger partial charge in [0.1, 0.15) is 16.7 Å². The minimum Gasteiger partial charge on any atom is -0.493 e. The first-order chi connectivity index (χ1) is 25.0. The number of carbonyl (C=O) groups is 3. The molecule has 6 rings (SSSR count). The molecular weight excluding hydrogens is 677 g/mol. The SMILES string of the molecule is CCOc1ccccc1/C=C(\NC(=O)c1ccccc1)C(=O)Nc1ccc(SC(C(=O)Nc2nc(-c3ccccc3)cs2)c2ccccc2)cc1. The number of aromatic nitrogens is 1. The number of rotatable bonds is 13. The third-order valence-corrected chi connectivity index (χ3v) is 9.58. The first kappa shape index (κ1) is 34.9. The van der Waals surface area contributed by atoms with Gasteiger partial charge in [0.2, 0.25) is 5.91 Å². The molecule has 254 valence electrons. The zero-order chi connectivity index (χ0) is 35.4. The number of nitrogens with one attached hydrogen (secondary N) is 3. The standard InChI is InChI=1S/C41H34N4O4S2/c1-2-49-36-21-13-12-20-31(36)26-34(43-38(46)30-18-10-5-11-19-30)39(47)42-32-22-24-33(25-23-32)51-37(29-16-8-4-9-17-29)40(48)45-41-44-35(27-50-41)28-14-6-3-7-15-28/h3-27,37H,2H2,1H3,(H,42,47)(H,43,46)(H,44,45,48)/b34-26-. The van der Waals surface area contributed by atoms with Crippen LogP contribution in [-0.4, -0.2) is 29.3 Å². The fraction of sp³-hybridized carbons (Fsp3) is 0.0732. The van der Waals surface area contributed by atoms with Crippen LogP contribution in [0.2, 0.25) is 0 Å². The van der Waals surface area contributed by atoms with E-state index in [0.29, 0.717) is 34.3 Å². The molecule has 3 N–H and O–H groups in total. The molecule has 1 heterocycles. The summed E-state index contributed by atoms with van der Waals surface area (Å²) in [4.78, 5) is 45.9. The predicted molar refractivity (Wildman–Crippen MR) is 206 cm³/mol. The van der Waals surface area contributed by atoms with Crippen molar-refractivity contribution in [1.82, 2.24) is 10.3 Å². The van der Waals surface area contributed by atoms with Gasteiger partial charge in [-0.05, 0) is 61.0 Å². The highest BCUT2D eigenvalue weighted by molar-refractivity contribution is 8.00. The number of hydrogen-bond acceptors (Lipinski definition) is 7. The number of para-hydroxylation sites is 1. The second-order valence-corrected chi connectivity index (χ2v) is 13.2. The highest BCUT2D eigenvalue weighted by Crippen LogP contribution is 2.37. The molecule has 10 heteroatoms. The number of ether oxygens (including phenoxy) is 1. The molecule has 0 bridgehead atoms.